The van der Waals surface area contributed by atoms with Crippen LogP contribution in [0.3, 0.4) is 0 Å². The summed E-state index contributed by atoms with van der Waals surface area (Å²) in [5.74, 6) is -1.27. The minimum atomic E-state index is -0.794. The molecule has 2 N–H and O–H groups in total. The third-order valence-electron chi connectivity index (χ3n) is 3.07. The van der Waals surface area contributed by atoms with E-state index in [1.54, 1.807) is 6.92 Å². The van der Waals surface area contributed by atoms with Gasteiger partial charge in [-0.1, -0.05) is 0 Å². The quantitative estimate of drug-likeness (QED) is 0.818. The number of aromatic nitrogens is 1. The maximum absolute atomic E-state index is 11.8. The van der Waals surface area contributed by atoms with Crippen molar-refractivity contribution in [2.24, 2.45) is 5.92 Å². The second-order valence-corrected chi connectivity index (χ2v) is 4.29. The third kappa shape index (κ3) is 2.46. The van der Waals surface area contributed by atoms with Gasteiger partial charge in [0.2, 0.25) is 5.76 Å². The highest BCUT2D eigenvalue weighted by Crippen LogP contribution is 2.25. The number of carboxylic acid groups (broad SMARTS) is 1. The molecular formula is C11H14N2O4. The van der Waals surface area contributed by atoms with Crippen LogP contribution in [0.1, 0.15) is 35.5 Å². The van der Waals surface area contributed by atoms with Gasteiger partial charge in [0, 0.05) is 6.04 Å². The van der Waals surface area contributed by atoms with Gasteiger partial charge in [-0.25, -0.2) is 4.98 Å². The first-order valence-corrected chi connectivity index (χ1v) is 5.51. The lowest BCUT2D eigenvalue weighted by Gasteiger charge is -2.10. The molecule has 6 nitrogen and oxygen atoms in total. The zero-order valence-corrected chi connectivity index (χ0v) is 9.47. The number of nitrogens with one attached hydrogen (secondary N) is 1. The number of hydrogen-bond donors (Lipinski definition) is 2. The Labute approximate surface area is 98.0 Å². The average Bonchev–Trinajstić information content (AvgIpc) is 2.86. The van der Waals surface area contributed by atoms with Crippen LogP contribution < -0.4 is 5.32 Å². The number of hydrogen-bond acceptors (Lipinski definition) is 4. The summed E-state index contributed by atoms with van der Waals surface area (Å²) in [5, 5.41) is 11.6. The third-order valence-corrected chi connectivity index (χ3v) is 3.07. The van der Waals surface area contributed by atoms with Crippen molar-refractivity contribution in [2.45, 2.75) is 32.2 Å². The summed E-state index contributed by atoms with van der Waals surface area (Å²) in [6, 6.07) is -0.0897. The van der Waals surface area contributed by atoms with Gasteiger partial charge in [-0.05, 0) is 26.2 Å². The van der Waals surface area contributed by atoms with Crippen LogP contribution in [0.15, 0.2) is 10.8 Å². The normalized spacial score (nSPS) is 23.6. The standard InChI is InChI=1S/C11H14N2O4/c1-6-9(17-5-12-6)10(14)13-8-3-2-7(4-8)11(15)16/h5,7-8H,2-4H2,1H3,(H,13,14)(H,15,16)/t7-,8+/m1/s1. The molecule has 1 aromatic heterocycles. The molecule has 92 valence electrons. The van der Waals surface area contributed by atoms with Gasteiger partial charge in [0.05, 0.1) is 11.6 Å². The lowest BCUT2D eigenvalue weighted by atomic mass is 10.1. The highest BCUT2D eigenvalue weighted by atomic mass is 16.4. The highest BCUT2D eigenvalue weighted by Gasteiger charge is 2.31. The van der Waals surface area contributed by atoms with Crippen LogP contribution in [0.5, 0.6) is 0 Å². The van der Waals surface area contributed by atoms with E-state index in [0.29, 0.717) is 25.0 Å². The Balaban J connectivity index is 1.93. The van der Waals surface area contributed by atoms with Crippen LogP contribution >= 0.6 is 0 Å². The molecule has 1 aliphatic rings. The molecule has 0 saturated heterocycles. The van der Waals surface area contributed by atoms with E-state index >= 15 is 0 Å². The van der Waals surface area contributed by atoms with Gasteiger partial charge in [-0.3, -0.25) is 9.59 Å². The van der Waals surface area contributed by atoms with E-state index in [1.165, 1.54) is 6.39 Å². The predicted molar refractivity (Wildman–Crippen MR) is 57.5 cm³/mol. The van der Waals surface area contributed by atoms with Gasteiger partial charge in [0.25, 0.3) is 5.91 Å². The van der Waals surface area contributed by atoms with E-state index in [-0.39, 0.29) is 23.6 Å². The summed E-state index contributed by atoms with van der Waals surface area (Å²) in [7, 11) is 0. The van der Waals surface area contributed by atoms with Gasteiger partial charge in [-0.15, -0.1) is 0 Å². The molecule has 0 radical (unpaired) electrons. The number of nitrogens with zero attached hydrogens (tertiary/aromatic N) is 1. The molecule has 1 saturated carbocycles. The number of rotatable bonds is 3. The highest BCUT2D eigenvalue weighted by molar-refractivity contribution is 5.92. The summed E-state index contributed by atoms with van der Waals surface area (Å²) in [4.78, 5) is 26.4. The van der Waals surface area contributed by atoms with E-state index in [1.807, 2.05) is 0 Å². The SMILES string of the molecule is Cc1ncoc1C(=O)N[C@H]1CC[C@@H](C(=O)O)C1. The van der Waals surface area contributed by atoms with Crippen molar-refractivity contribution in [3.05, 3.63) is 17.8 Å². The van der Waals surface area contributed by atoms with Crippen LogP contribution in [0.2, 0.25) is 0 Å². The van der Waals surface area contributed by atoms with E-state index in [2.05, 4.69) is 10.3 Å². The van der Waals surface area contributed by atoms with Crippen LogP contribution in [0.4, 0.5) is 0 Å². The summed E-state index contributed by atoms with van der Waals surface area (Å²) in [5.41, 5.74) is 0.537. The number of carbonyl (C=O) groups excluding carboxylic acids is 1. The number of carboxylic acids is 1. The van der Waals surface area contributed by atoms with E-state index < -0.39 is 5.97 Å². The fraction of sp³-hybridized carbons (Fsp3) is 0.545. The van der Waals surface area contributed by atoms with Crippen molar-refractivity contribution in [1.29, 1.82) is 0 Å². The van der Waals surface area contributed by atoms with Crippen LogP contribution in [0.25, 0.3) is 0 Å². The first-order valence-electron chi connectivity index (χ1n) is 5.51. The molecule has 2 atom stereocenters. The van der Waals surface area contributed by atoms with Crippen molar-refractivity contribution in [2.75, 3.05) is 0 Å². The Bertz CT molecular complexity index is 440. The lowest BCUT2D eigenvalue weighted by Crippen LogP contribution is -2.33. The monoisotopic (exact) mass is 238 g/mol. The Kier molecular flexibility index (Phi) is 3.12. The van der Waals surface area contributed by atoms with Crippen LogP contribution in [-0.2, 0) is 4.79 Å². The molecule has 6 heteroatoms. The van der Waals surface area contributed by atoms with Gasteiger partial charge < -0.3 is 14.8 Å². The van der Waals surface area contributed by atoms with Crippen molar-refractivity contribution >= 4 is 11.9 Å². The fourth-order valence-electron chi connectivity index (χ4n) is 2.11. The minimum absolute atomic E-state index is 0.0897. The van der Waals surface area contributed by atoms with Gasteiger partial charge in [0.15, 0.2) is 6.39 Å². The molecular weight excluding hydrogens is 224 g/mol. The van der Waals surface area contributed by atoms with E-state index in [9.17, 15) is 9.59 Å². The molecule has 0 unspecified atom stereocenters. The van der Waals surface area contributed by atoms with Crippen molar-refractivity contribution in [3.8, 4) is 0 Å². The Morgan fingerprint density at radius 3 is 2.82 bits per heavy atom. The summed E-state index contributed by atoms with van der Waals surface area (Å²) in [6.45, 7) is 1.69. The van der Waals surface area contributed by atoms with Crippen molar-refractivity contribution in [3.63, 3.8) is 0 Å². The molecule has 17 heavy (non-hydrogen) atoms. The smallest absolute Gasteiger partial charge is 0.306 e. The van der Waals surface area contributed by atoms with E-state index in [0.717, 1.165) is 0 Å². The maximum atomic E-state index is 11.8. The molecule has 0 spiro atoms. The molecule has 1 aromatic rings. The summed E-state index contributed by atoms with van der Waals surface area (Å²) < 4.78 is 4.97. The molecule has 0 bridgehead atoms. The van der Waals surface area contributed by atoms with Gasteiger partial charge in [0.1, 0.15) is 0 Å². The zero-order chi connectivity index (χ0) is 12.4. The first-order chi connectivity index (χ1) is 8.08. The van der Waals surface area contributed by atoms with Crippen LogP contribution in [-0.4, -0.2) is 28.0 Å². The molecule has 2 rings (SSSR count). The molecule has 0 aromatic carbocycles. The number of aliphatic carboxylic acids is 1. The average molecular weight is 238 g/mol. The van der Waals surface area contributed by atoms with E-state index in [4.69, 9.17) is 9.52 Å². The zero-order valence-electron chi connectivity index (χ0n) is 9.47. The molecule has 1 heterocycles. The Morgan fingerprint density at radius 2 is 2.29 bits per heavy atom. The van der Waals surface area contributed by atoms with Crippen molar-refractivity contribution in [1.82, 2.24) is 10.3 Å². The number of aryl methyl sites for hydroxylation is 1. The largest absolute Gasteiger partial charge is 0.481 e. The van der Waals surface area contributed by atoms with Gasteiger partial charge >= 0.3 is 5.97 Å². The second-order valence-electron chi connectivity index (χ2n) is 4.29. The molecule has 0 aliphatic heterocycles. The Morgan fingerprint density at radius 1 is 1.53 bits per heavy atom. The van der Waals surface area contributed by atoms with Crippen molar-refractivity contribution < 1.29 is 19.1 Å². The maximum Gasteiger partial charge on any atom is 0.306 e. The minimum Gasteiger partial charge on any atom is -0.481 e. The first kappa shape index (κ1) is 11.6. The molecule has 1 aliphatic carbocycles. The number of amides is 1. The van der Waals surface area contributed by atoms with Gasteiger partial charge in [-0.2, -0.15) is 0 Å². The summed E-state index contributed by atoms with van der Waals surface area (Å²) in [6.07, 6.45) is 3.00. The number of oxazole rings is 1. The number of carbonyl (C=O) groups is 2. The molecule has 1 amide bonds. The topological polar surface area (TPSA) is 92.4 Å². The lowest BCUT2D eigenvalue weighted by molar-refractivity contribution is -0.141. The van der Waals surface area contributed by atoms with Crippen LogP contribution in [0, 0.1) is 12.8 Å². The molecule has 1 fully saturated rings. The predicted octanol–water partition coefficient (Wildman–Crippen LogP) is 0.966. The Hall–Kier alpha value is -1.85. The fourth-order valence-corrected chi connectivity index (χ4v) is 2.11. The summed E-state index contributed by atoms with van der Waals surface area (Å²) >= 11 is 0. The second kappa shape index (κ2) is 4.57.